The van der Waals surface area contributed by atoms with Gasteiger partial charge in [0.05, 0.1) is 61.9 Å². The Morgan fingerprint density at radius 3 is 1.19 bits per heavy atom. The Hall–Kier alpha value is -6.88. The minimum atomic E-state index is -0.116. The predicted molar refractivity (Wildman–Crippen MR) is 342 cm³/mol. The van der Waals surface area contributed by atoms with E-state index in [2.05, 4.69) is 217 Å². The fourth-order valence-corrected chi connectivity index (χ4v) is 9.32. The standard InChI is InChI=1S/C20H17NO2.C18H13NO2.C12H9N.C8H9BrO2.C5H13N.BBr3/c1-22-19-12-11-14(13-20(19)23-2)21-17-9-5-3-7-15(17)16-8-4-6-10-18(16)21;20-17-10-9-12(11-18(17)21)19-15-7-3-1-5-13(15)14-6-2-4-8-16(14)19;1-3-7-11-9(5-1)10-6-2-4-8-12(10)13-11;1-10-7-4-3-6(9)5-8(7)11-2;1-3-4-5-6-2;2-1(3)4/h3-13H,1-2H3;1-11,20-21H;1-8,13H;3-5H,1-2H3;6H,3-5H2,1-2H3;. The number of para-hydroxylation sites is 6. The Kier molecular flexibility index (Phi) is 22.0. The van der Waals surface area contributed by atoms with Crippen LogP contribution in [-0.2, 0) is 0 Å². The number of aromatic hydroxyl groups is 2. The van der Waals surface area contributed by atoms with E-state index in [0.717, 1.165) is 56.4 Å². The van der Waals surface area contributed by atoms with Crippen LogP contribution in [-0.4, -0.2) is 69.5 Å². The van der Waals surface area contributed by atoms with Crippen LogP contribution in [0.2, 0.25) is 0 Å². The maximum Gasteiger partial charge on any atom is 0.369 e. The molecule has 0 amide bonds. The van der Waals surface area contributed by atoms with Crippen molar-refractivity contribution in [2.24, 2.45) is 0 Å². The molecule has 12 rings (SSSR count). The molecule has 0 aliphatic heterocycles. The second-order valence-electron chi connectivity index (χ2n) is 17.4. The summed E-state index contributed by atoms with van der Waals surface area (Å²) in [6, 6.07) is 66.5. The number of methoxy groups -OCH3 is 4. The van der Waals surface area contributed by atoms with Crippen molar-refractivity contribution in [1.29, 1.82) is 0 Å². The van der Waals surface area contributed by atoms with Crippen LogP contribution in [0.25, 0.3) is 76.8 Å². The first-order chi connectivity index (χ1) is 38.0. The highest BCUT2D eigenvalue weighted by molar-refractivity contribution is 9.69. The van der Waals surface area contributed by atoms with Gasteiger partial charge in [-0.25, -0.2) is 0 Å². The Morgan fingerprint density at radius 2 is 0.808 bits per heavy atom. The lowest BCUT2D eigenvalue weighted by Gasteiger charge is -2.12. The van der Waals surface area contributed by atoms with Gasteiger partial charge < -0.3 is 48.6 Å². The van der Waals surface area contributed by atoms with Gasteiger partial charge in [-0.05, 0) is 98.9 Å². The molecule has 4 N–H and O–H groups in total. The maximum atomic E-state index is 9.78. The van der Waals surface area contributed by atoms with E-state index in [0.29, 0.717) is 0 Å². The second-order valence-corrected chi connectivity index (χ2v) is 24.7. The van der Waals surface area contributed by atoms with Crippen molar-refractivity contribution in [1.82, 2.24) is 19.4 Å². The molecule has 0 fully saturated rings. The van der Waals surface area contributed by atoms with Crippen molar-refractivity contribution in [3.63, 3.8) is 0 Å². The third kappa shape index (κ3) is 14.4. The monoisotopic (exact) mass is 1300 g/mol. The average Bonchev–Trinajstić information content (AvgIpc) is 4.26. The van der Waals surface area contributed by atoms with Gasteiger partial charge in [0.1, 0.15) is 0 Å². The first kappa shape index (κ1) is 58.8. The Balaban J connectivity index is 0.000000147. The first-order valence-corrected chi connectivity index (χ1v) is 28.6. The van der Waals surface area contributed by atoms with Gasteiger partial charge in [-0.15, -0.1) is 47.3 Å². The Labute approximate surface area is 489 Å². The number of halogens is 4. The van der Waals surface area contributed by atoms with Crippen molar-refractivity contribution in [2.45, 2.75) is 19.8 Å². The molecule has 0 unspecified atom stereocenters. The summed E-state index contributed by atoms with van der Waals surface area (Å²) < 4.78 is 26.5. The van der Waals surface area contributed by atoms with E-state index in [-0.39, 0.29) is 14.7 Å². The number of rotatable bonds is 9. The number of hydrogen-bond acceptors (Lipinski definition) is 7. The van der Waals surface area contributed by atoms with E-state index in [1.165, 1.54) is 73.3 Å². The van der Waals surface area contributed by atoms with Crippen LogP contribution in [0.5, 0.6) is 34.5 Å². The lowest BCUT2D eigenvalue weighted by molar-refractivity contribution is 0.354. The molecule has 78 heavy (non-hydrogen) atoms. The second kappa shape index (κ2) is 29.2. The summed E-state index contributed by atoms with van der Waals surface area (Å²) in [7, 11) is 8.53. The number of hydrogen-bond donors (Lipinski definition) is 4. The van der Waals surface area contributed by atoms with Crippen LogP contribution in [0.15, 0.2) is 205 Å². The quantitative estimate of drug-likeness (QED) is 0.0646. The molecule has 0 spiro atoms. The number of benzene rings is 9. The maximum absolute atomic E-state index is 9.78. The molecule has 9 aromatic carbocycles. The third-order valence-corrected chi connectivity index (χ3v) is 13.0. The van der Waals surface area contributed by atoms with Gasteiger partial charge in [0, 0.05) is 60.0 Å². The van der Waals surface area contributed by atoms with E-state index in [4.69, 9.17) is 18.9 Å². The molecule has 12 aromatic rings. The molecule has 3 heterocycles. The zero-order valence-electron chi connectivity index (χ0n) is 44.2. The molecular weight excluding hydrogens is 1240 g/mol. The molecule has 0 saturated heterocycles. The molecule has 0 bridgehead atoms. The van der Waals surface area contributed by atoms with Gasteiger partial charge in [-0.1, -0.05) is 138 Å². The minimum Gasteiger partial charge on any atom is -0.504 e. The van der Waals surface area contributed by atoms with E-state index >= 15 is 0 Å². The Morgan fingerprint density at radius 1 is 0.449 bits per heavy atom. The number of phenolic OH excluding ortho intramolecular Hbond substituents is 2. The average molecular weight is 1300 g/mol. The predicted octanol–water partition coefficient (Wildman–Crippen LogP) is 17.9. The molecule has 3 aromatic heterocycles. The smallest absolute Gasteiger partial charge is 0.369 e. The number of aromatic nitrogens is 3. The fraction of sp³-hybridized carbons (Fsp3) is 0.143. The fourth-order valence-electron chi connectivity index (χ4n) is 8.98. The summed E-state index contributed by atoms with van der Waals surface area (Å²) in [6.45, 7) is 3.36. The van der Waals surface area contributed by atoms with E-state index in [9.17, 15) is 10.2 Å². The van der Waals surface area contributed by atoms with Gasteiger partial charge in [0.25, 0.3) is 0 Å². The summed E-state index contributed by atoms with van der Waals surface area (Å²) in [5, 5.41) is 29.8. The Bertz CT molecular complexity index is 3700. The number of ether oxygens (including phenoxy) is 4. The summed E-state index contributed by atoms with van der Waals surface area (Å²) >= 11 is 12.6. The number of unbranched alkanes of at least 4 members (excludes halogenated alkanes) is 1. The van der Waals surface area contributed by atoms with Gasteiger partial charge in [-0.2, -0.15) is 0 Å². The lowest BCUT2D eigenvalue weighted by Crippen LogP contribution is -2.06. The van der Waals surface area contributed by atoms with Crippen LogP contribution >= 0.6 is 63.2 Å². The number of fused-ring (bicyclic) bond motifs is 9. The van der Waals surface area contributed by atoms with Crippen LogP contribution in [0.3, 0.4) is 0 Å². The van der Waals surface area contributed by atoms with E-state index in [1.54, 1.807) is 40.6 Å². The van der Waals surface area contributed by atoms with Crippen molar-refractivity contribution < 1.29 is 29.2 Å². The summed E-state index contributed by atoms with van der Waals surface area (Å²) in [4.78, 5) is 3.38. The number of nitrogens with zero attached hydrogens (tertiary/aromatic N) is 2. The number of aromatic amines is 1. The van der Waals surface area contributed by atoms with Crippen molar-refractivity contribution in [2.75, 3.05) is 42.0 Å². The summed E-state index contributed by atoms with van der Waals surface area (Å²) in [5.41, 5.74) is 8.81. The van der Waals surface area contributed by atoms with Gasteiger partial charge in [0.15, 0.2) is 34.5 Å². The number of nitrogens with one attached hydrogen (secondary N) is 2. The molecule has 10 nitrogen and oxygen atoms in total. The molecule has 0 aliphatic carbocycles. The molecule has 0 saturated carbocycles. The number of H-pyrrole nitrogens is 1. The molecule has 0 radical (unpaired) electrons. The van der Waals surface area contributed by atoms with Gasteiger partial charge in [0.2, 0.25) is 0 Å². The summed E-state index contributed by atoms with van der Waals surface area (Å²) in [6.07, 6.45) is 2.59. The summed E-state index contributed by atoms with van der Waals surface area (Å²) in [5.74, 6) is 2.72. The van der Waals surface area contributed by atoms with Crippen LogP contribution in [0, 0.1) is 0 Å². The molecule has 400 valence electrons. The van der Waals surface area contributed by atoms with E-state index in [1.807, 2.05) is 61.6 Å². The van der Waals surface area contributed by atoms with Crippen LogP contribution in [0.4, 0.5) is 0 Å². The first-order valence-electron chi connectivity index (χ1n) is 25.1. The number of phenols is 2. The highest BCUT2D eigenvalue weighted by Crippen LogP contribution is 2.37. The molecule has 0 atom stereocenters. The van der Waals surface area contributed by atoms with Crippen LogP contribution < -0.4 is 24.3 Å². The minimum absolute atomic E-state index is 0.112. The zero-order valence-corrected chi connectivity index (χ0v) is 50.5. The van der Waals surface area contributed by atoms with Crippen molar-refractivity contribution in [3.05, 3.63) is 205 Å². The lowest BCUT2D eigenvalue weighted by atomic mass is 10.2. The normalized spacial score (nSPS) is 10.5. The van der Waals surface area contributed by atoms with Crippen LogP contribution in [0.1, 0.15) is 19.8 Å². The topological polar surface area (TPSA) is 115 Å². The highest BCUT2D eigenvalue weighted by atomic mass is 79.9. The van der Waals surface area contributed by atoms with Gasteiger partial charge >= 0.3 is 3.18 Å². The molecule has 0 aliphatic rings. The van der Waals surface area contributed by atoms with Gasteiger partial charge in [-0.3, -0.25) is 0 Å². The molecule has 15 heteroatoms. The molecular formula is C63H61BBr4N4O6. The van der Waals surface area contributed by atoms with Crippen molar-refractivity contribution >= 4 is 132 Å². The largest absolute Gasteiger partial charge is 0.504 e. The SMILES string of the molecule is BrB(Br)Br.CCCCNC.COc1ccc(-n2c3ccccc3c3ccccc32)cc1OC.COc1ccc(Br)cc1OC.Oc1ccc(-n2c3ccccc3c3ccccc32)cc1O.c1ccc2c(c1)[nH]c1ccccc12. The van der Waals surface area contributed by atoms with E-state index < -0.39 is 0 Å². The third-order valence-electron chi connectivity index (χ3n) is 12.5. The van der Waals surface area contributed by atoms with Crippen molar-refractivity contribution in [3.8, 4) is 45.9 Å². The highest BCUT2D eigenvalue weighted by Gasteiger charge is 2.15. The zero-order chi connectivity index (χ0) is 55.6.